The van der Waals surface area contributed by atoms with E-state index in [0.717, 1.165) is 23.6 Å². The van der Waals surface area contributed by atoms with Crippen LogP contribution in [0.3, 0.4) is 0 Å². The van der Waals surface area contributed by atoms with Crippen LogP contribution in [0, 0.1) is 0 Å². The minimum Gasteiger partial charge on any atom is -0.472 e. The molecule has 2 aromatic heterocycles. The van der Waals surface area contributed by atoms with Crippen LogP contribution < -0.4 is 5.32 Å². The first kappa shape index (κ1) is 11.5. The van der Waals surface area contributed by atoms with Gasteiger partial charge in [-0.05, 0) is 11.6 Å². The molecule has 4 nitrogen and oxygen atoms in total. The number of rotatable bonds is 4. The van der Waals surface area contributed by atoms with Crippen molar-refractivity contribution < 1.29 is 4.42 Å². The molecule has 0 saturated heterocycles. The van der Waals surface area contributed by atoms with Crippen molar-refractivity contribution in [2.75, 3.05) is 5.32 Å². The van der Waals surface area contributed by atoms with E-state index < -0.39 is 0 Å². The number of benzene rings is 1. The molecule has 0 aliphatic heterocycles. The van der Waals surface area contributed by atoms with Crippen molar-refractivity contribution in [2.45, 2.75) is 6.54 Å². The van der Waals surface area contributed by atoms with Crippen LogP contribution in [0.15, 0.2) is 65.7 Å². The molecule has 3 rings (SSSR count). The molecule has 0 spiro atoms. The average molecular weight is 251 g/mol. The molecule has 0 radical (unpaired) electrons. The zero-order valence-corrected chi connectivity index (χ0v) is 10.3. The molecule has 0 unspecified atom stereocenters. The van der Waals surface area contributed by atoms with Crippen molar-refractivity contribution in [3.8, 4) is 11.3 Å². The third-order valence-corrected chi connectivity index (χ3v) is 2.80. The molecular formula is C15H13N3O. The van der Waals surface area contributed by atoms with E-state index >= 15 is 0 Å². The normalized spacial score (nSPS) is 10.3. The lowest BCUT2D eigenvalue weighted by Gasteiger charge is -2.06. The van der Waals surface area contributed by atoms with E-state index in [1.165, 1.54) is 5.56 Å². The fraction of sp³-hybridized carbons (Fsp3) is 0.0667. The summed E-state index contributed by atoms with van der Waals surface area (Å²) in [5.41, 5.74) is 3.01. The molecular weight excluding hydrogens is 238 g/mol. The standard InChI is InChI=1S/C15H13N3O/c1-2-4-12(5-3-1)9-16-15-8-14(17-11-18-15)13-6-7-19-10-13/h1-8,10-11H,9H2,(H,16,17,18). The summed E-state index contributed by atoms with van der Waals surface area (Å²) in [5, 5.41) is 3.28. The summed E-state index contributed by atoms with van der Waals surface area (Å²) < 4.78 is 5.06. The molecule has 1 N–H and O–H groups in total. The van der Waals surface area contributed by atoms with Gasteiger partial charge < -0.3 is 9.73 Å². The minimum atomic E-state index is 0.739. The highest BCUT2D eigenvalue weighted by atomic mass is 16.3. The van der Waals surface area contributed by atoms with Crippen LogP contribution in [0.4, 0.5) is 5.82 Å². The van der Waals surface area contributed by atoms with Crippen LogP contribution in [0.2, 0.25) is 0 Å². The second-order valence-electron chi connectivity index (χ2n) is 4.14. The molecule has 1 aromatic carbocycles. The van der Waals surface area contributed by atoms with E-state index in [9.17, 15) is 0 Å². The molecule has 0 amide bonds. The highest BCUT2D eigenvalue weighted by Crippen LogP contribution is 2.19. The van der Waals surface area contributed by atoms with E-state index in [2.05, 4.69) is 27.4 Å². The molecule has 3 aromatic rings. The van der Waals surface area contributed by atoms with E-state index in [4.69, 9.17) is 4.42 Å². The van der Waals surface area contributed by atoms with Gasteiger partial charge in [-0.1, -0.05) is 30.3 Å². The summed E-state index contributed by atoms with van der Waals surface area (Å²) in [4.78, 5) is 8.44. The fourth-order valence-electron chi connectivity index (χ4n) is 1.81. The third-order valence-electron chi connectivity index (χ3n) is 2.80. The Morgan fingerprint density at radius 1 is 1.05 bits per heavy atom. The predicted octanol–water partition coefficient (Wildman–Crippen LogP) is 3.35. The summed E-state index contributed by atoms with van der Waals surface area (Å²) in [7, 11) is 0. The van der Waals surface area contributed by atoms with Gasteiger partial charge in [0.2, 0.25) is 0 Å². The van der Waals surface area contributed by atoms with Gasteiger partial charge in [0.1, 0.15) is 12.1 Å². The molecule has 4 heteroatoms. The number of hydrogen-bond donors (Lipinski definition) is 1. The first-order chi connectivity index (χ1) is 9.42. The largest absolute Gasteiger partial charge is 0.472 e. The van der Waals surface area contributed by atoms with Crippen LogP contribution in [-0.2, 0) is 6.54 Å². The first-order valence-corrected chi connectivity index (χ1v) is 6.04. The van der Waals surface area contributed by atoms with Gasteiger partial charge in [-0.2, -0.15) is 0 Å². The number of anilines is 1. The van der Waals surface area contributed by atoms with Gasteiger partial charge in [0.05, 0.1) is 18.2 Å². The maximum absolute atomic E-state index is 5.06. The zero-order chi connectivity index (χ0) is 12.9. The van der Waals surface area contributed by atoms with Gasteiger partial charge in [-0.3, -0.25) is 0 Å². The number of aromatic nitrogens is 2. The SMILES string of the molecule is c1ccc(CNc2cc(-c3ccoc3)ncn2)cc1. The summed E-state index contributed by atoms with van der Waals surface area (Å²) in [6, 6.07) is 14.0. The Labute approximate surface area is 111 Å². The Kier molecular flexibility index (Phi) is 3.23. The van der Waals surface area contributed by atoms with Gasteiger partial charge in [0.25, 0.3) is 0 Å². The van der Waals surface area contributed by atoms with Crippen LogP contribution in [-0.4, -0.2) is 9.97 Å². The summed E-state index contributed by atoms with van der Waals surface area (Å²) >= 11 is 0. The quantitative estimate of drug-likeness (QED) is 0.772. The summed E-state index contributed by atoms with van der Waals surface area (Å²) in [5.74, 6) is 0.801. The maximum Gasteiger partial charge on any atom is 0.130 e. The number of hydrogen-bond acceptors (Lipinski definition) is 4. The van der Waals surface area contributed by atoms with Gasteiger partial charge in [0.15, 0.2) is 0 Å². The molecule has 0 fully saturated rings. The highest BCUT2D eigenvalue weighted by Gasteiger charge is 2.02. The van der Waals surface area contributed by atoms with Gasteiger partial charge in [0, 0.05) is 18.2 Å². The van der Waals surface area contributed by atoms with Crippen LogP contribution >= 0.6 is 0 Å². The second-order valence-corrected chi connectivity index (χ2v) is 4.14. The molecule has 0 aliphatic carbocycles. The van der Waals surface area contributed by atoms with Crippen molar-refractivity contribution >= 4 is 5.82 Å². The first-order valence-electron chi connectivity index (χ1n) is 6.04. The van der Waals surface area contributed by atoms with Gasteiger partial charge in [-0.25, -0.2) is 9.97 Å². The lowest BCUT2D eigenvalue weighted by atomic mass is 10.2. The Balaban J connectivity index is 1.74. The van der Waals surface area contributed by atoms with E-state index in [1.807, 2.05) is 30.3 Å². The van der Waals surface area contributed by atoms with Crippen LogP contribution in [0.25, 0.3) is 11.3 Å². The van der Waals surface area contributed by atoms with Crippen molar-refractivity contribution in [1.29, 1.82) is 0 Å². The van der Waals surface area contributed by atoms with Crippen LogP contribution in [0.1, 0.15) is 5.56 Å². The Hall–Kier alpha value is -2.62. The summed E-state index contributed by atoms with van der Waals surface area (Å²) in [6.07, 6.45) is 4.85. The van der Waals surface area contributed by atoms with Crippen molar-refractivity contribution in [3.05, 3.63) is 66.9 Å². The number of furan rings is 1. The van der Waals surface area contributed by atoms with E-state index in [1.54, 1.807) is 18.9 Å². The Morgan fingerprint density at radius 3 is 2.74 bits per heavy atom. The third kappa shape index (κ3) is 2.80. The second kappa shape index (κ2) is 5.35. The van der Waals surface area contributed by atoms with E-state index in [-0.39, 0.29) is 0 Å². The Bertz CT molecular complexity index is 636. The molecule has 0 bridgehead atoms. The molecule has 19 heavy (non-hydrogen) atoms. The molecule has 2 heterocycles. The lowest BCUT2D eigenvalue weighted by Crippen LogP contribution is -2.01. The van der Waals surface area contributed by atoms with Crippen molar-refractivity contribution in [2.24, 2.45) is 0 Å². The topological polar surface area (TPSA) is 51.0 Å². The fourth-order valence-corrected chi connectivity index (χ4v) is 1.81. The smallest absolute Gasteiger partial charge is 0.130 e. The monoisotopic (exact) mass is 251 g/mol. The van der Waals surface area contributed by atoms with Crippen molar-refractivity contribution in [1.82, 2.24) is 9.97 Å². The number of nitrogens with zero attached hydrogens (tertiary/aromatic N) is 2. The molecule has 0 atom stereocenters. The highest BCUT2D eigenvalue weighted by molar-refractivity contribution is 5.60. The Morgan fingerprint density at radius 2 is 1.95 bits per heavy atom. The zero-order valence-electron chi connectivity index (χ0n) is 10.3. The summed E-state index contributed by atoms with van der Waals surface area (Å²) in [6.45, 7) is 0.739. The average Bonchev–Trinajstić information content (AvgIpc) is 3.01. The molecule has 0 aliphatic rings. The number of nitrogens with one attached hydrogen (secondary N) is 1. The maximum atomic E-state index is 5.06. The predicted molar refractivity (Wildman–Crippen MR) is 73.5 cm³/mol. The van der Waals surface area contributed by atoms with Gasteiger partial charge >= 0.3 is 0 Å². The lowest BCUT2D eigenvalue weighted by molar-refractivity contribution is 0.568. The van der Waals surface area contributed by atoms with Crippen molar-refractivity contribution in [3.63, 3.8) is 0 Å². The molecule has 94 valence electrons. The molecule has 0 saturated carbocycles. The minimum absolute atomic E-state index is 0.739. The van der Waals surface area contributed by atoms with E-state index in [0.29, 0.717) is 0 Å². The van der Waals surface area contributed by atoms with Gasteiger partial charge in [-0.15, -0.1) is 0 Å². The van der Waals surface area contributed by atoms with Crippen LogP contribution in [0.5, 0.6) is 0 Å².